The van der Waals surface area contributed by atoms with Crippen molar-refractivity contribution in [3.63, 3.8) is 0 Å². The van der Waals surface area contributed by atoms with E-state index in [9.17, 15) is 0 Å². The highest BCUT2D eigenvalue weighted by Crippen LogP contribution is 2.46. The summed E-state index contributed by atoms with van der Waals surface area (Å²) in [4.78, 5) is 0. The molecule has 0 radical (unpaired) electrons. The van der Waals surface area contributed by atoms with Gasteiger partial charge in [-0.3, -0.25) is 0 Å². The van der Waals surface area contributed by atoms with E-state index in [4.69, 9.17) is 4.74 Å². The largest absolute Gasteiger partial charge is 0.490 e. The summed E-state index contributed by atoms with van der Waals surface area (Å²) in [6.45, 7) is 9.08. The highest BCUT2D eigenvalue weighted by molar-refractivity contribution is 5.28. The molecule has 1 saturated carbocycles. The molecule has 1 fully saturated rings. The van der Waals surface area contributed by atoms with Gasteiger partial charge in [0.2, 0.25) is 0 Å². The van der Waals surface area contributed by atoms with Crippen molar-refractivity contribution in [2.75, 3.05) is 0 Å². The van der Waals surface area contributed by atoms with Gasteiger partial charge in [-0.1, -0.05) is 46.2 Å². The van der Waals surface area contributed by atoms with Crippen LogP contribution in [0.2, 0.25) is 0 Å². The van der Waals surface area contributed by atoms with Crippen molar-refractivity contribution in [1.29, 1.82) is 0 Å². The van der Waals surface area contributed by atoms with E-state index < -0.39 is 0 Å². The van der Waals surface area contributed by atoms with Crippen molar-refractivity contribution in [3.8, 4) is 5.75 Å². The van der Waals surface area contributed by atoms with Gasteiger partial charge >= 0.3 is 0 Å². The maximum absolute atomic E-state index is 6.11. The van der Waals surface area contributed by atoms with E-state index in [1.165, 1.54) is 18.4 Å². The molecular weight excluding hydrogens is 208 g/mol. The maximum Gasteiger partial charge on any atom is 0.119 e. The van der Waals surface area contributed by atoms with Gasteiger partial charge in [0, 0.05) is 5.41 Å². The molecule has 94 valence electrons. The lowest BCUT2D eigenvalue weighted by atomic mass is 9.62. The lowest BCUT2D eigenvalue weighted by molar-refractivity contribution is -0.0717. The Kier molecular flexibility index (Phi) is 3.46. The molecule has 1 aliphatic carbocycles. The van der Waals surface area contributed by atoms with E-state index in [-0.39, 0.29) is 0 Å². The molecule has 0 N–H and O–H groups in total. The van der Waals surface area contributed by atoms with E-state index in [1.54, 1.807) is 0 Å². The summed E-state index contributed by atoms with van der Waals surface area (Å²) in [5.41, 5.74) is 1.74. The molecule has 0 saturated heterocycles. The summed E-state index contributed by atoms with van der Waals surface area (Å²) >= 11 is 0. The van der Waals surface area contributed by atoms with E-state index in [1.807, 2.05) is 0 Å². The number of aryl methyl sites for hydroxylation is 1. The average Bonchev–Trinajstić information content (AvgIpc) is 2.28. The van der Waals surface area contributed by atoms with Crippen LogP contribution in [-0.2, 0) is 6.42 Å². The number of rotatable bonds is 4. The van der Waals surface area contributed by atoms with Crippen molar-refractivity contribution in [2.45, 2.75) is 53.1 Å². The predicted octanol–water partition coefficient (Wildman–Crippen LogP) is 4.45. The van der Waals surface area contributed by atoms with Gasteiger partial charge in [0.15, 0.2) is 0 Å². The quantitative estimate of drug-likeness (QED) is 0.745. The van der Waals surface area contributed by atoms with Crippen LogP contribution in [-0.4, -0.2) is 6.10 Å². The first-order chi connectivity index (χ1) is 8.03. The SMILES string of the molecule is CCCc1ccc(O[C@H]2[C@H](C)CC2(C)C)cc1. The molecule has 1 nitrogen and oxygen atoms in total. The summed E-state index contributed by atoms with van der Waals surface area (Å²) in [7, 11) is 0. The van der Waals surface area contributed by atoms with Crippen LogP contribution >= 0.6 is 0 Å². The third kappa shape index (κ3) is 2.65. The number of benzene rings is 1. The summed E-state index contributed by atoms with van der Waals surface area (Å²) < 4.78 is 6.11. The molecule has 0 bridgehead atoms. The second kappa shape index (κ2) is 4.72. The van der Waals surface area contributed by atoms with Crippen LogP contribution in [0.5, 0.6) is 5.75 Å². The summed E-state index contributed by atoms with van der Waals surface area (Å²) in [6.07, 6.45) is 4.00. The van der Waals surface area contributed by atoms with Crippen molar-refractivity contribution in [1.82, 2.24) is 0 Å². The van der Waals surface area contributed by atoms with Crippen molar-refractivity contribution in [2.24, 2.45) is 11.3 Å². The summed E-state index contributed by atoms with van der Waals surface area (Å²) in [5, 5.41) is 0. The molecule has 1 aliphatic rings. The number of hydrogen-bond acceptors (Lipinski definition) is 1. The molecule has 0 spiro atoms. The highest BCUT2D eigenvalue weighted by Gasteiger charge is 2.46. The van der Waals surface area contributed by atoms with Gasteiger partial charge in [-0.25, -0.2) is 0 Å². The maximum atomic E-state index is 6.11. The summed E-state index contributed by atoms with van der Waals surface area (Å²) in [5.74, 6) is 1.70. The Morgan fingerprint density at radius 2 is 1.88 bits per heavy atom. The number of hydrogen-bond donors (Lipinski definition) is 0. The van der Waals surface area contributed by atoms with Crippen molar-refractivity contribution < 1.29 is 4.74 Å². The average molecular weight is 232 g/mol. The predicted molar refractivity (Wildman–Crippen MR) is 72.4 cm³/mol. The molecular formula is C16H24O. The van der Waals surface area contributed by atoms with Crippen molar-refractivity contribution >= 4 is 0 Å². The van der Waals surface area contributed by atoms with E-state index in [2.05, 4.69) is 52.0 Å². The molecule has 1 heteroatoms. The Hall–Kier alpha value is -0.980. The molecule has 0 heterocycles. The first-order valence-electron chi connectivity index (χ1n) is 6.78. The van der Waals surface area contributed by atoms with Crippen LogP contribution < -0.4 is 4.74 Å². The fourth-order valence-corrected chi connectivity index (χ4v) is 3.11. The van der Waals surface area contributed by atoms with E-state index >= 15 is 0 Å². The Balaban J connectivity index is 1.99. The van der Waals surface area contributed by atoms with Crippen LogP contribution in [0.3, 0.4) is 0 Å². The lowest BCUT2D eigenvalue weighted by Gasteiger charge is -2.49. The molecule has 0 aromatic heterocycles. The smallest absolute Gasteiger partial charge is 0.119 e. The highest BCUT2D eigenvalue weighted by atomic mass is 16.5. The summed E-state index contributed by atoms with van der Waals surface area (Å²) in [6, 6.07) is 8.61. The Labute approximate surface area is 105 Å². The molecule has 1 aromatic rings. The third-order valence-corrected chi connectivity index (χ3v) is 3.86. The van der Waals surface area contributed by atoms with Gasteiger partial charge in [0.05, 0.1) is 0 Å². The minimum atomic E-state index is 0.335. The van der Waals surface area contributed by atoms with E-state index in [0.29, 0.717) is 17.4 Å². The van der Waals surface area contributed by atoms with Crippen molar-refractivity contribution in [3.05, 3.63) is 29.8 Å². The molecule has 2 rings (SSSR count). The minimum Gasteiger partial charge on any atom is -0.490 e. The fourth-order valence-electron chi connectivity index (χ4n) is 3.11. The monoisotopic (exact) mass is 232 g/mol. The first-order valence-corrected chi connectivity index (χ1v) is 6.78. The minimum absolute atomic E-state index is 0.335. The molecule has 0 amide bonds. The zero-order chi connectivity index (χ0) is 12.5. The Morgan fingerprint density at radius 1 is 1.24 bits per heavy atom. The van der Waals surface area contributed by atoms with Gasteiger partial charge in [-0.05, 0) is 36.5 Å². The van der Waals surface area contributed by atoms with Crippen LogP contribution in [0.15, 0.2) is 24.3 Å². The fraction of sp³-hybridized carbons (Fsp3) is 0.625. The first kappa shape index (κ1) is 12.5. The standard InChI is InChI=1S/C16H24O/c1-5-6-13-7-9-14(10-8-13)17-15-12(2)11-16(15,3)4/h7-10,12,15H,5-6,11H2,1-4H3/t12-,15+/m1/s1. The molecule has 0 unspecified atom stereocenters. The van der Waals surface area contributed by atoms with Crippen LogP contribution in [0, 0.1) is 11.3 Å². The molecule has 1 aromatic carbocycles. The van der Waals surface area contributed by atoms with Crippen LogP contribution in [0.4, 0.5) is 0 Å². The molecule has 17 heavy (non-hydrogen) atoms. The Morgan fingerprint density at radius 3 is 2.35 bits per heavy atom. The van der Waals surface area contributed by atoms with Gasteiger partial charge in [-0.2, -0.15) is 0 Å². The lowest BCUT2D eigenvalue weighted by Crippen LogP contribution is -2.51. The zero-order valence-corrected chi connectivity index (χ0v) is 11.5. The van der Waals surface area contributed by atoms with Gasteiger partial charge in [0.1, 0.15) is 11.9 Å². The normalized spacial score (nSPS) is 26.4. The van der Waals surface area contributed by atoms with Crippen LogP contribution in [0.1, 0.15) is 46.1 Å². The van der Waals surface area contributed by atoms with Gasteiger partial charge < -0.3 is 4.74 Å². The van der Waals surface area contributed by atoms with E-state index in [0.717, 1.165) is 12.2 Å². The molecule has 0 aliphatic heterocycles. The molecule has 2 atom stereocenters. The number of ether oxygens (including phenoxy) is 1. The van der Waals surface area contributed by atoms with Crippen LogP contribution in [0.25, 0.3) is 0 Å². The van der Waals surface area contributed by atoms with Gasteiger partial charge in [0.25, 0.3) is 0 Å². The second-order valence-corrected chi connectivity index (χ2v) is 6.10. The second-order valence-electron chi connectivity index (χ2n) is 6.10. The third-order valence-electron chi connectivity index (χ3n) is 3.86. The Bertz CT molecular complexity index is 364. The topological polar surface area (TPSA) is 9.23 Å². The van der Waals surface area contributed by atoms with Gasteiger partial charge in [-0.15, -0.1) is 0 Å². The zero-order valence-electron chi connectivity index (χ0n) is 11.5.